The lowest BCUT2D eigenvalue weighted by Crippen LogP contribution is -2.36. The predicted molar refractivity (Wildman–Crippen MR) is 85.2 cm³/mol. The third-order valence-electron chi connectivity index (χ3n) is 3.05. The third kappa shape index (κ3) is 3.42. The van der Waals surface area contributed by atoms with Crippen LogP contribution in [0.15, 0.2) is 30.5 Å². The van der Waals surface area contributed by atoms with E-state index in [0.29, 0.717) is 0 Å². The van der Waals surface area contributed by atoms with Gasteiger partial charge in [-0.2, -0.15) is 0 Å². The molecule has 8 heteroatoms. The highest BCUT2D eigenvalue weighted by Crippen LogP contribution is 2.37. The Morgan fingerprint density at radius 1 is 1.30 bits per heavy atom. The summed E-state index contributed by atoms with van der Waals surface area (Å²) < 4.78 is 19.4. The number of rotatable bonds is 4. The maximum Gasteiger partial charge on any atom is 0.412 e. The molecule has 0 saturated carbocycles. The first kappa shape index (κ1) is 16.3. The Morgan fingerprint density at radius 3 is 2.57 bits per heavy atom. The van der Waals surface area contributed by atoms with Crippen LogP contribution >= 0.6 is 0 Å². The first-order valence-corrected chi connectivity index (χ1v) is 6.80. The molecule has 1 amide bonds. The zero-order valence-electron chi connectivity index (χ0n) is 12.7. The van der Waals surface area contributed by atoms with Gasteiger partial charge in [0.25, 0.3) is 0 Å². The fourth-order valence-electron chi connectivity index (χ4n) is 2.07. The summed E-state index contributed by atoms with van der Waals surface area (Å²) in [4.78, 5) is 16.4. The number of carboxylic acid groups (broad SMARTS) is 1. The number of nitrogen functional groups attached to an aromatic ring is 2. The van der Waals surface area contributed by atoms with E-state index in [4.69, 9.17) is 16.2 Å². The number of aromatic nitrogens is 1. The topological polar surface area (TPSA) is 115 Å². The van der Waals surface area contributed by atoms with Crippen LogP contribution in [0.5, 0.6) is 11.5 Å². The quantitative estimate of drug-likeness (QED) is 0.746. The molecule has 2 aromatic rings. The number of halogens is 1. The van der Waals surface area contributed by atoms with Gasteiger partial charge in [-0.05, 0) is 26.0 Å². The summed E-state index contributed by atoms with van der Waals surface area (Å²) in [5, 5.41) is 9.40. The van der Waals surface area contributed by atoms with Gasteiger partial charge in [-0.15, -0.1) is 0 Å². The zero-order valence-corrected chi connectivity index (χ0v) is 12.7. The van der Waals surface area contributed by atoms with Crippen molar-refractivity contribution in [3.8, 4) is 11.5 Å². The van der Waals surface area contributed by atoms with E-state index in [1.807, 2.05) is 0 Å². The number of amides is 1. The minimum atomic E-state index is -1.22. The molecule has 1 aromatic heterocycles. The lowest BCUT2D eigenvalue weighted by Gasteiger charge is -2.26. The first-order valence-electron chi connectivity index (χ1n) is 6.80. The van der Waals surface area contributed by atoms with Crippen molar-refractivity contribution in [1.82, 2.24) is 4.98 Å². The molecule has 0 aliphatic carbocycles. The number of hydrogen-bond acceptors (Lipinski definition) is 5. The lowest BCUT2D eigenvalue weighted by atomic mass is 10.2. The van der Waals surface area contributed by atoms with Crippen molar-refractivity contribution >= 4 is 23.3 Å². The van der Waals surface area contributed by atoms with Crippen LogP contribution < -0.4 is 21.1 Å². The van der Waals surface area contributed by atoms with Crippen LogP contribution in [-0.4, -0.2) is 22.2 Å². The number of carbonyl (C=O) groups is 1. The highest BCUT2D eigenvalue weighted by Gasteiger charge is 2.25. The van der Waals surface area contributed by atoms with E-state index >= 15 is 0 Å². The Labute approximate surface area is 132 Å². The predicted octanol–water partition coefficient (Wildman–Crippen LogP) is 3.07. The summed E-state index contributed by atoms with van der Waals surface area (Å²) in [6.45, 7) is 3.35. The maximum atomic E-state index is 13.9. The van der Waals surface area contributed by atoms with E-state index < -0.39 is 18.0 Å². The van der Waals surface area contributed by atoms with Crippen molar-refractivity contribution in [2.75, 3.05) is 16.4 Å². The van der Waals surface area contributed by atoms with Crippen molar-refractivity contribution in [3.05, 3.63) is 36.3 Å². The van der Waals surface area contributed by atoms with Gasteiger partial charge in [-0.25, -0.2) is 14.2 Å². The Kier molecular flexibility index (Phi) is 4.54. The number of nitrogens with two attached hydrogens (primary N) is 2. The molecule has 1 aromatic carbocycles. The minimum Gasteiger partial charge on any atom is -0.465 e. The van der Waals surface area contributed by atoms with E-state index in [1.54, 1.807) is 13.8 Å². The molecular weight excluding hydrogens is 303 g/mol. The average molecular weight is 320 g/mol. The van der Waals surface area contributed by atoms with Gasteiger partial charge in [-0.1, -0.05) is 0 Å². The molecule has 23 heavy (non-hydrogen) atoms. The molecule has 0 radical (unpaired) electrons. The molecule has 0 fully saturated rings. The summed E-state index contributed by atoms with van der Waals surface area (Å²) in [5.74, 6) is -0.718. The van der Waals surface area contributed by atoms with E-state index in [-0.39, 0.29) is 28.7 Å². The van der Waals surface area contributed by atoms with Crippen LogP contribution in [0.25, 0.3) is 0 Å². The molecule has 0 spiro atoms. The molecule has 0 saturated heterocycles. The smallest absolute Gasteiger partial charge is 0.412 e. The van der Waals surface area contributed by atoms with Gasteiger partial charge in [0.05, 0.1) is 0 Å². The number of pyridine rings is 1. The minimum absolute atomic E-state index is 0.0329. The lowest BCUT2D eigenvalue weighted by molar-refractivity contribution is 0.200. The highest BCUT2D eigenvalue weighted by molar-refractivity contribution is 5.92. The Balaban J connectivity index is 2.51. The van der Waals surface area contributed by atoms with Gasteiger partial charge in [-0.3, -0.25) is 4.90 Å². The second-order valence-corrected chi connectivity index (χ2v) is 5.08. The van der Waals surface area contributed by atoms with E-state index in [0.717, 1.165) is 11.0 Å². The van der Waals surface area contributed by atoms with Crippen LogP contribution in [0.1, 0.15) is 13.8 Å². The van der Waals surface area contributed by atoms with Crippen LogP contribution in [0.3, 0.4) is 0 Å². The fourth-order valence-corrected chi connectivity index (χ4v) is 2.07. The Hall–Kier alpha value is -3.03. The number of anilines is 3. The second-order valence-electron chi connectivity index (χ2n) is 5.08. The van der Waals surface area contributed by atoms with Gasteiger partial charge >= 0.3 is 6.09 Å². The van der Waals surface area contributed by atoms with Gasteiger partial charge < -0.3 is 21.3 Å². The van der Waals surface area contributed by atoms with Crippen molar-refractivity contribution in [2.24, 2.45) is 0 Å². The molecule has 1 heterocycles. The highest BCUT2D eigenvalue weighted by atomic mass is 19.1. The largest absolute Gasteiger partial charge is 0.465 e. The first-order chi connectivity index (χ1) is 10.8. The van der Waals surface area contributed by atoms with Gasteiger partial charge in [0, 0.05) is 30.1 Å². The molecule has 0 atom stereocenters. The van der Waals surface area contributed by atoms with E-state index in [1.165, 1.54) is 24.4 Å². The van der Waals surface area contributed by atoms with Gasteiger partial charge in [0.15, 0.2) is 23.1 Å². The summed E-state index contributed by atoms with van der Waals surface area (Å²) in [5.41, 5.74) is 11.6. The summed E-state index contributed by atoms with van der Waals surface area (Å²) in [7, 11) is 0. The Bertz CT molecular complexity index is 737. The normalized spacial score (nSPS) is 10.6. The number of nitrogens with zero attached hydrogens (tertiary/aromatic N) is 2. The SMILES string of the molecule is CC(C)N(C(=O)O)c1c(Oc2ccc(N)cc2F)ccnc1N. The number of benzene rings is 1. The Morgan fingerprint density at radius 2 is 2.00 bits per heavy atom. The molecule has 5 N–H and O–H groups in total. The van der Waals surface area contributed by atoms with Crippen LogP contribution in [0.4, 0.5) is 26.4 Å². The third-order valence-corrected chi connectivity index (χ3v) is 3.05. The van der Waals surface area contributed by atoms with E-state index in [9.17, 15) is 14.3 Å². The van der Waals surface area contributed by atoms with Crippen molar-refractivity contribution in [3.63, 3.8) is 0 Å². The van der Waals surface area contributed by atoms with Crippen LogP contribution in [0, 0.1) is 5.82 Å². The van der Waals surface area contributed by atoms with Gasteiger partial charge in [0.2, 0.25) is 0 Å². The van der Waals surface area contributed by atoms with Crippen molar-refractivity contribution < 1.29 is 19.0 Å². The summed E-state index contributed by atoms with van der Waals surface area (Å²) >= 11 is 0. The maximum absolute atomic E-state index is 13.9. The zero-order chi connectivity index (χ0) is 17.1. The summed E-state index contributed by atoms with van der Waals surface area (Å²) in [6.07, 6.45) is 0.131. The second kappa shape index (κ2) is 6.39. The molecule has 0 aliphatic heterocycles. The number of hydrogen-bond donors (Lipinski definition) is 3. The van der Waals surface area contributed by atoms with Crippen LogP contribution in [0.2, 0.25) is 0 Å². The molecule has 7 nitrogen and oxygen atoms in total. The standard InChI is InChI=1S/C15H17FN4O3/c1-8(2)20(15(21)22)13-12(5-6-19-14(13)18)23-11-4-3-9(17)7-10(11)16/h3-8H,17H2,1-2H3,(H2,18,19)(H,21,22). The summed E-state index contributed by atoms with van der Waals surface area (Å²) in [6, 6.07) is 4.93. The number of ether oxygens (including phenoxy) is 1. The molecule has 122 valence electrons. The van der Waals surface area contributed by atoms with Crippen LogP contribution in [-0.2, 0) is 0 Å². The molecule has 0 aliphatic rings. The molecular formula is C15H17FN4O3. The monoisotopic (exact) mass is 320 g/mol. The van der Waals surface area contributed by atoms with Gasteiger partial charge in [0.1, 0.15) is 5.69 Å². The van der Waals surface area contributed by atoms with Crippen molar-refractivity contribution in [2.45, 2.75) is 19.9 Å². The molecule has 0 unspecified atom stereocenters. The average Bonchev–Trinajstić information content (AvgIpc) is 2.44. The molecule has 0 bridgehead atoms. The molecule has 2 rings (SSSR count). The van der Waals surface area contributed by atoms with E-state index in [2.05, 4.69) is 4.98 Å². The fraction of sp³-hybridized carbons (Fsp3) is 0.200. The van der Waals surface area contributed by atoms with Crippen molar-refractivity contribution in [1.29, 1.82) is 0 Å².